The van der Waals surface area contributed by atoms with E-state index in [1.54, 1.807) is 23.8 Å². The van der Waals surface area contributed by atoms with Gasteiger partial charge in [-0.05, 0) is 18.6 Å². The second-order valence-electron chi connectivity index (χ2n) is 5.18. The van der Waals surface area contributed by atoms with E-state index in [1.165, 1.54) is 0 Å². The van der Waals surface area contributed by atoms with E-state index in [9.17, 15) is 4.79 Å². The van der Waals surface area contributed by atoms with Crippen molar-refractivity contribution in [3.63, 3.8) is 0 Å². The first-order valence-electron chi connectivity index (χ1n) is 7.06. The van der Waals surface area contributed by atoms with E-state index < -0.39 is 0 Å². The van der Waals surface area contributed by atoms with Gasteiger partial charge in [-0.3, -0.25) is 4.79 Å². The molecule has 112 valence electrons. The van der Waals surface area contributed by atoms with Gasteiger partial charge in [-0.1, -0.05) is 23.9 Å². The van der Waals surface area contributed by atoms with Gasteiger partial charge in [0.1, 0.15) is 0 Å². The number of aromatic nitrogens is 2. The Labute approximate surface area is 128 Å². The number of benzene rings is 1. The smallest absolute Gasteiger partial charge is 0.235 e. The number of nitrogens with zero attached hydrogens (tertiary/aromatic N) is 3. The van der Waals surface area contributed by atoms with Crippen LogP contribution < -0.4 is 0 Å². The van der Waals surface area contributed by atoms with Crippen molar-refractivity contribution in [1.29, 1.82) is 0 Å². The normalized spacial score (nSPS) is 18.9. The molecule has 0 spiro atoms. The molecule has 0 radical (unpaired) electrons. The maximum atomic E-state index is 12.1. The highest BCUT2D eigenvalue weighted by Gasteiger charge is 2.31. The molecule has 1 unspecified atom stereocenters. The van der Waals surface area contributed by atoms with Gasteiger partial charge in [0.2, 0.25) is 5.91 Å². The Balaban J connectivity index is 1.91. The monoisotopic (exact) mass is 305 g/mol. The summed E-state index contributed by atoms with van der Waals surface area (Å²) in [4.78, 5) is 18.6. The van der Waals surface area contributed by atoms with Crippen molar-refractivity contribution in [2.45, 2.75) is 23.4 Å². The van der Waals surface area contributed by atoms with E-state index in [-0.39, 0.29) is 11.2 Å². The fraction of sp³-hybridized carbons (Fsp3) is 0.467. The highest BCUT2D eigenvalue weighted by Crippen LogP contribution is 2.32. The van der Waals surface area contributed by atoms with Crippen molar-refractivity contribution >= 4 is 28.7 Å². The van der Waals surface area contributed by atoms with E-state index in [2.05, 4.69) is 15.6 Å². The van der Waals surface area contributed by atoms with Crippen LogP contribution in [0, 0.1) is 0 Å². The number of amides is 1. The van der Waals surface area contributed by atoms with Crippen LogP contribution in [0.5, 0.6) is 0 Å². The molecule has 1 aromatic heterocycles. The van der Waals surface area contributed by atoms with Crippen molar-refractivity contribution < 1.29 is 9.53 Å². The molecular weight excluding hydrogens is 286 g/mol. The van der Waals surface area contributed by atoms with Crippen molar-refractivity contribution in [2.75, 3.05) is 27.3 Å². The highest BCUT2D eigenvalue weighted by molar-refractivity contribution is 8.00. The molecule has 3 rings (SSSR count). The predicted octanol–water partition coefficient (Wildman–Crippen LogP) is 2.01. The average molecular weight is 305 g/mol. The number of fused-ring (bicyclic) bond motifs is 1. The number of hydrogen-bond acceptors (Lipinski definition) is 4. The number of rotatable bonds is 5. The first-order valence-corrected chi connectivity index (χ1v) is 7.94. The lowest BCUT2D eigenvalue weighted by molar-refractivity contribution is -0.126. The Morgan fingerprint density at radius 2 is 2.24 bits per heavy atom. The van der Waals surface area contributed by atoms with Crippen LogP contribution in [0.15, 0.2) is 29.4 Å². The van der Waals surface area contributed by atoms with Crippen LogP contribution in [0.4, 0.5) is 0 Å². The minimum atomic E-state index is -0.0203. The first kappa shape index (κ1) is 14.4. The Morgan fingerprint density at radius 3 is 2.95 bits per heavy atom. The molecule has 1 aromatic carbocycles. The van der Waals surface area contributed by atoms with Crippen LogP contribution >= 0.6 is 11.8 Å². The fourth-order valence-corrected chi connectivity index (χ4v) is 3.80. The maximum Gasteiger partial charge on any atom is 0.235 e. The van der Waals surface area contributed by atoms with Gasteiger partial charge in [0, 0.05) is 27.2 Å². The topological polar surface area (TPSA) is 47.4 Å². The maximum absolute atomic E-state index is 12.1. The summed E-state index contributed by atoms with van der Waals surface area (Å²) in [6, 6.07) is 8.06. The van der Waals surface area contributed by atoms with Gasteiger partial charge in [-0.25, -0.2) is 4.98 Å². The van der Waals surface area contributed by atoms with E-state index >= 15 is 0 Å². The second kappa shape index (κ2) is 6.07. The lowest BCUT2D eigenvalue weighted by Gasteiger charge is -2.11. The summed E-state index contributed by atoms with van der Waals surface area (Å²) in [5.74, 6) is 0.199. The van der Waals surface area contributed by atoms with Gasteiger partial charge < -0.3 is 14.2 Å². The summed E-state index contributed by atoms with van der Waals surface area (Å²) in [7, 11) is 3.55. The fourth-order valence-electron chi connectivity index (χ4n) is 2.57. The largest absolute Gasteiger partial charge is 0.383 e. The van der Waals surface area contributed by atoms with Gasteiger partial charge in [-0.15, -0.1) is 0 Å². The number of hydrogen-bond donors (Lipinski definition) is 0. The van der Waals surface area contributed by atoms with Crippen molar-refractivity contribution in [1.82, 2.24) is 14.5 Å². The van der Waals surface area contributed by atoms with Crippen LogP contribution in [0.25, 0.3) is 11.0 Å². The van der Waals surface area contributed by atoms with E-state index in [0.29, 0.717) is 6.61 Å². The Kier molecular flexibility index (Phi) is 4.17. The van der Waals surface area contributed by atoms with Gasteiger partial charge in [0.05, 0.1) is 22.9 Å². The highest BCUT2D eigenvalue weighted by atomic mass is 32.2. The molecule has 0 aliphatic carbocycles. The molecule has 21 heavy (non-hydrogen) atoms. The molecule has 1 saturated heterocycles. The second-order valence-corrected chi connectivity index (χ2v) is 6.35. The molecule has 0 N–H and O–H groups in total. The first-order chi connectivity index (χ1) is 10.2. The predicted molar refractivity (Wildman–Crippen MR) is 83.5 cm³/mol. The standard InChI is InChI=1S/C15H19N3O2S/c1-17-8-7-13(14(17)19)21-15-16-11-5-3-4-6-12(11)18(15)9-10-20-2/h3-6,13H,7-10H2,1-2H3. The van der Waals surface area contributed by atoms with Crippen LogP contribution in [0.1, 0.15) is 6.42 Å². The van der Waals surface area contributed by atoms with Crippen LogP contribution in [0.2, 0.25) is 0 Å². The molecule has 2 aromatic rings. The van der Waals surface area contributed by atoms with E-state index in [1.807, 2.05) is 25.2 Å². The lowest BCUT2D eigenvalue weighted by atomic mass is 10.3. The Bertz CT molecular complexity index is 655. The summed E-state index contributed by atoms with van der Waals surface area (Å²) in [5.41, 5.74) is 2.06. The number of para-hydroxylation sites is 2. The van der Waals surface area contributed by atoms with Crippen LogP contribution in [0.3, 0.4) is 0 Å². The molecule has 1 amide bonds. The Hall–Kier alpha value is -1.53. The SMILES string of the molecule is COCCn1c(SC2CCN(C)C2=O)nc2ccccc21. The molecule has 6 heteroatoms. The molecule has 0 saturated carbocycles. The number of carbonyl (C=O) groups is 1. The molecule has 1 aliphatic heterocycles. The quantitative estimate of drug-likeness (QED) is 0.848. The van der Waals surface area contributed by atoms with Crippen LogP contribution in [-0.2, 0) is 16.1 Å². The van der Waals surface area contributed by atoms with Gasteiger partial charge in [0.15, 0.2) is 5.16 Å². The average Bonchev–Trinajstić information content (AvgIpc) is 3.00. The van der Waals surface area contributed by atoms with Gasteiger partial charge >= 0.3 is 0 Å². The number of imidazole rings is 1. The Morgan fingerprint density at radius 1 is 1.43 bits per heavy atom. The van der Waals surface area contributed by atoms with Gasteiger partial charge in [-0.2, -0.15) is 0 Å². The third-order valence-electron chi connectivity index (χ3n) is 3.76. The molecule has 2 heterocycles. The molecule has 0 bridgehead atoms. The summed E-state index contributed by atoms with van der Waals surface area (Å²) in [6.07, 6.45) is 0.882. The van der Waals surface area contributed by atoms with Crippen molar-refractivity contribution in [3.05, 3.63) is 24.3 Å². The minimum absolute atomic E-state index is 0.0203. The van der Waals surface area contributed by atoms with E-state index in [4.69, 9.17) is 4.74 Å². The minimum Gasteiger partial charge on any atom is -0.383 e. The molecule has 5 nitrogen and oxygen atoms in total. The third-order valence-corrected chi connectivity index (χ3v) is 5.01. The van der Waals surface area contributed by atoms with Crippen LogP contribution in [-0.4, -0.2) is 52.9 Å². The van der Waals surface area contributed by atoms with Crippen molar-refractivity contribution in [3.8, 4) is 0 Å². The van der Waals surface area contributed by atoms with Crippen molar-refractivity contribution in [2.24, 2.45) is 0 Å². The summed E-state index contributed by atoms with van der Waals surface area (Å²) in [5, 5.41) is 0.884. The number of thioether (sulfide) groups is 1. The zero-order chi connectivity index (χ0) is 14.8. The lowest BCUT2D eigenvalue weighted by Crippen LogP contribution is -2.24. The third kappa shape index (κ3) is 2.78. The van der Waals surface area contributed by atoms with E-state index in [0.717, 1.165) is 35.7 Å². The number of ether oxygens (including phenoxy) is 1. The molecule has 1 fully saturated rings. The number of likely N-dealkylation sites (tertiary alicyclic amines) is 1. The zero-order valence-corrected chi connectivity index (χ0v) is 13.1. The molecular formula is C15H19N3O2S. The molecule has 1 aliphatic rings. The number of carbonyl (C=O) groups excluding carboxylic acids is 1. The summed E-state index contributed by atoms with van der Waals surface area (Å²) < 4.78 is 7.34. The number of methoxy groups -OCH3 is 1. The zero-order valence-electron chi connectivity index (χ0n) is 12.3. The molecule has 1 atom stereocenters. The summed E-state index contributed by atoms with van der Waals surface area (Å²) >= 11 is 1.57. The van der Waals surface area contributed by atoms with Gasteiger partial charge in [0.25, 0.3) is 0 Å². The summed E-state index contributed by atoms with van der Waals surface area (Å²) in [6.45, 7) is 2.21.